The van der Waals surface area contributed by atoms with E-state index >= 15 is 0 Å². The van der Waals surface area contributed by atoms with Gasteiger partial charge in [-0.15, -0.1) is 0 Å². The summed E-state index contributed by atoms with van der Waals surface area (Å²) < 4.78 is 5.33. The maximum Gasteiger partial charge on any atom is 0.254 e. The Bertz CT molecular complexity index is 247. The molecule has 16 heavy (non-hydrogen) atoms. The van der Waals surface area contributed by atoms with Crippen LogP contribution in [0.25, 0.3) is 0 Å². The van der Waals surface area contributed by atoms with E-state index < -0.39 is 5.60 Å². The summed E-state index contributed by atoms with van der Waals surface area (Å²) in [5, 5.41) is 0. The van der Waals surface area contributed by atoms with Crippen molar-refractivity contribution in [1.29, 1.82) is 0 Å². The van der Waals surface area contributed by atoms with Gasteiger partial charge in [0.1, 0.15) is 5.60 Å². The van der Waals surface area contributed by atoms with Crippen LogP contribution in [0.3, 0.4) is 0 Å². The Morgan fingerprint density at radius 1 is 1.62 bits per heavy atom. The predicted octanol–water partition coefficient (Wildman–Crippen LogP) is 0.997. The first kappa shape index (κ1) is 13.5. The number of amides is 1. The lowest BCUT2D eigenvalue weighted by molar-refractivity contribution is -0.154. The lowest BCUT2D eigenvalue weighted by Crippen LogP contribution is -2.52. The standard InChI is InChI=1S/C12H24N2O2/c1-5-12(2,16-4)11(15)14(3)10(8-13)9-6-7-9/h9-10H,5-8,13H2,1-4H3. The number of nitrogens with two attached hydrogens (primary N) is 1. The number of ether oxygens (including phenoxy) is 1. The van der Waals surface area contributed by atoms with Crippen LogP contribution in [0.1, 0.15) is 33.1 Å². The molecule has 0 spiro atoms. The Morgan fingerprint density at radius 3 is 2.50 bits per heavy atom. The minimum atomic E-state index is -0.711. The summed E-state index contributed by atoms with van der Waals surface area (Å²) in [7, 11) is 3.43. The molecule has 0 aromatic carbocycles. The molecular weight excluding hydrogens is 204 g/mol. The molecule has 0 aromatic rings. The van der Waals surface area contributed by atoms with Gasteiger partial charge in [0.05, 0.1) is 0 Å². The fourth-order valence-electron chi connectivity index (χ4n) is 2.05. The third kappa shape index (κ3) is 2.55. The van der Waals surface area contributed by atoms with Crippen LogP contribution in [0.5, 0.6) is 0 Å². The van der Waals surface area contributed by atoms with Crippen molar-refractivity contribution in [1.82, 2.24) is 4.90 Å². The molecule has 1 aliphatic carbocycles. The molecule has 1 fully saturated rings. The number of likely N-dealkylation sites (N-methyl/N-ethyl adjacent to an activating group) is 1. The number of hydrogen-bond donors (Lipinski definition) is 1. The Kier molecular flexibility index (Phi) is 4.33. The highest BCUT2D eigenvalue weighted by atomic mass is 16.5. The molecule has 0 aliphatic heterocycles. The van der Waals surface area contributed by atoms with Crippen molar-refractivity contribution in [3.8, 4) is 0 Å². The monoisotopic (exact) mass is 228 g/mol. The van der Waals surface area contributed by atoms with E-state index in [0.717, 1.165) is 0 Å². The van der Waals surface area contributed by atoms with Gasteiger partial charge in [-0.25, -0.2) is 0 Å². The minimum Gasteiger partial charge on any atom is -0.369 e. The van der Waals surface area contributed by atoms with Gasteiger partial charge in [-0.3, -0.25) is 4.79 Å². The van der Waals surface area contributed by atoms with Crippen molar-refractivity contribution in [2.45, 2.75) is 44.8 Å². The number of carbonyl (C=O) groups is 1. The Balaban J connectivity index is 2.70. The smallest absolute Gasteiger partial charge is 0.254 e. The SMILES string of the molecule is CCC(C)(OC)C(=O)N(C)C(CN)C1CC1. The molecule has 2 atom stereocenters. The fourth-order valence-corrected chi connectivity index (χ4v) is 2.05. The van der Waals surface area contributed by atoms with Crippen molar-refractivity contribution in [3.05, 3.63) is 0 Å². The highest BCUT2D eigenvalue weighted by molar-refractivity contribution is 5.85. The van der Waals surface area contributed by atoms with Gasteiger partial charge in [0.2, 0.25) is 0 Å². The van der Waals surface area contributed by atoms with Gasteiger partial charge in [0, 0.05) is 26.7 Å². The molecule has 94 valence electrons. The Hall–Kier alpha value is -0.610. The van der Waals surface area contributed by atoms with E-state index in [-0.39, 0.29) is 11.9 Å². The quantitative estimate of drug-likeness (QED) is 0.738. The first-order valence-corrected chi connectivity index (χ1v) is 6.02. The van der Waals surface area contributed by atoms with Crippen LogP contribution in [-0.4, -0.2) is 43.2 Å². The van der Waals surface area contributed by atoms with Crippen LogP contribution in [0.4, 0.5) is 0 Å². The first-order chi connectivity index (χ1) is 7.50. The van der Waals surface area contributed by atoms with Gasteiger partial charge in [0.15, 0.2) is 0 Å². The van der Waals surface area contributed by atoms with Crippen molar-refractivity contribution in [2.24, 2.45) is 11.7 Å². The zero-order valence-corrected chi connectivity index (χ0v) is 10.8. The van der Waals surface area contributed by atoms with Gasteiger partial charge in [-0.1, -0.05) is 6.92 Å². The van der Waals surface area contributed by atoms with Crippen LogP contribution in [0.2, 0.25) is 0 Å². The summed E-state index contributed by atoms with van der Waals surface area (Å²) in [6.45, 7) is 4.34. The molecule has 0 radical (unpaired) electrons. The summed E-state index contributed by atoms with van der Waals surface area (Å²) in [4.78, 5) is 14.1. The summed E-state index contributed by atoms with van der Waals surface area (Å²) in [5.41, 5.74) is 5.03. The fraction of sp³-hybridized carbons (Fsp3) is 0.917. The number of methoxy groups -OCH3 is 1. The summed E-state index contributed by atoms with van der Waals surface area (Å²) in [5.74, 6) is 0.636. The number of carbonyl (C=O) groups excluding carboxylic acids is 1. The van der Waals surface area contributed by atoms with Crippen LogP contribution in [0.15, 0.2) is 0 Å². The van der Waals surface area contributed by atoms with Crippen molar-refractivity contribution >= 4 is 5.91 Å². The van der Waals surface area contributed by atoms with E-state index in [2.05, 4.69) is 0 Å². The van der Waals surface area contributed by atoms with E-state index in [1.807, 2.05) is 20.9 Å². The molecule has 1 saturated carbocycles. The zero-order chi connectivity index (χ0) is 12.3. The molecule has 1 rings (SSSR count). The van der Waals surface area contributed by atoms with Crippen LogP contribution in [0, 0.1) is 5.92 Å². The molecule has 0 aromatic heterocycles. The van der Waals surface area contributed by atoms with Gasteiger partial charge in [-0.05, 0) is 32.1 Å². The summed E-state index contributed by atoms with van der Waals surface area (Å²) in [6.07, 6.45) is 3.05. The van der Waals surface area contributed by atoms with Crippen molar-refractivity contribution in [3.63, 3.8) is 0 Å². The molecule has 0 bridgehead atoms. The molecule has 1 aliphatic rings. The van der Waals surface area contributed by atoms with Gasteiger partial charge >= 0.3 is 0 Å². The molecule has 0 heterocycles. The molecule has 1 amide bonds. The molecule has 2 unspecified atom stereocenters. The predicted molar refractivity (Wildman–Crippen MR) is 64.0 cm³/mol. The van der Waals surface area contributed by atoms with Crippen molar-refractivity contribution in [2.75, 3.05) is 20.7 Å². The minimum absolute atomic E-state index is 0.0415. The van der Waals surface area contributed by atoms with Gasteiger partial charge in [0.25, 0.3) is 5.91 Å². The first-order valence-electron chi connectivity index (χ1n) is 6.02. The largest absolute Gasteiger partial charge is 0.369 e. The lowest BCUT2D eigenvalue weighted by Gasteiger charge is -2.35. The third-order valence-corrected chi connectivity index (χ3v) is 3.80. The van der Waals surface area contributed by atoms with E-state index in [9.17, 15) is 4.79 Å². The van der Waals surface area contributed by atoms with E-state index in [1.165, 1.54) is 12.8 Å². The number of rotatable bonds is 6. The Morgan fingerprint density at radius 2 is 2.19 bits per heavy atom. The molecule has 2 N–H and O–H groups in total. The van der Waals surface area contributed by atoms with Crippen molar-refractivity contribution < 1.29 is 9.53 Å². The number of hydrogen-bond acceptors (Lipinski definition) is 3. The number of nitrogens with zero attached hydrogens (tertiary/aromatic N) is 1. The average Bonchev–Trinajstić information content (AvgIpc) is 3.12. The molecule has 0 saturated heterocycles. The van der Waals surface area contributed by atoms with E-state index in [1.54, 1.807) is 12.0 Å². The topological polar surface area (TPSA) is 55.6 Å². The van der Waals surface area contributed by atoms with Crippen LogP contribution < -0.4 is 5.73 Å². The van der Waals surface area contributed by atoms with E-state index in [0.29, 0.717) is 18.9 Å². The second-order valence-electron chi connectivity index (χ2n) is 4.85. The lowest BCUT2D eigenvalue weighted by atomic mass is 9.99. The molecular formula is C12H24N2O2. The second kappa shape index (κ2) is 5.15. The highest BCUT2D eigenvalue weighted by Gasteiger charge is 2.40. The third-order valence-electron chi connectivity index (χ3n) is 3.80. The van der Waals surface area contributed by atoms with Gasteiger partial charge in [-0.2, -0.15) is 0 Å². The van der Waals surface area contributed by atoms with Crippen LogP contribution in [-0.2, 0) is 9.53 Å². The van der Waals surface area contributed by atoms with E-state index in [4.69, 9.17) is 10.5 Å². The Labute approximate surface area is 98.1 Å². The normalized spacial score (nSPS) is 21.3. The second-order valence-corrected chi connectivity index (χ2v) is 4.85. The van der Waals surface area contributed by atoms with Gasteiger partial charge < -0.3 is 15.4 Å². The zero-order valence-electron chi connectivity index (χ0n) is 10.8. The highest BCUT2D eigenvalue weighted by Crippen LogP contribution is 2.35. The molecule has 4 nitrogen and oxygen atoms in total. The average molecular weight is 228 g/mol. The maximum atomic E-state index is 12.3. The maximum absolute atomic E-state index is 12.3. The molecule has 4 heteroatoms. The summed E-state index contributed by atoms with van der Waals surface area (Å²) >= 11 is 0. The summed E-state index contributed by atoms with van der Waals surface area (Å²) in [6, 6.07) is 0.175. The van der Waals surface area contributed by atoms with Crippen LogP contribution >= 0.6 is 0 Å².